The molecule has 0 aromatic carbocycles. The highest BCUT2D eigenvalue weighted by atomic mass is 19.3. The zero-order valence-electron chi connectivity index (χ0n) is 14.0. The van der Waals surface area contributed by atoms with Crippen LogP contribution in [0.5, 0.6) is 0 Å². The number of alkyl halides is 2. The monoisotopic (exact) mass is 308 g/mol. The van der Waals surface area contributed by atoms with Crippen LogP contribution in [-0.2, 0) is 14.3 Å². The lowest BCUT2D eigenvalue weighted by Gasteiger charge is -2.43. The zero-order valence-corrected chi connectivity index (χ0v) is 13.0. The van der Waals surface area contributed by atoms with Crippen LogP contribution in [0.2, 0.25) is 0 Å². The minimum Gasteiger partial charge on any atom is -0.469 e. The molecule has 0 unspecified atom stereocenters. The number of piperidine rings is 1. The Morgan fingerprint density at radius 1 is 1.43 bits per heavy atom. The third-order valence-electron chi connectivity index (χ3n) is 3.54. The first-order chi connectivity index (χ1) is 9.81. The summed E-state index contributed by atoms with van der Waals surface area (Å²) in [5.41, 5.74) is -2.38. The second-order valence-electron chi connectivity index (χ2n) is 6.44. The Morgan fingerprint density at radius 2 is 2.00 bits per heavy atom. The molecule has 1 fully saturated rings. The number of hydrogen-bond acceptors (Lipinski definition) is 4. The third kappa shape index (κ3) is 4.04. The van der Waals surface area contributed by atoms with Crippen molar-refractivity contribution in [1.29, 1.82) is 0 Å². The molecule has 0 radical (unpaired) electrons. The molecule has 1 saturated heterocycles. The van der Waals surface area contributed by atoms with E-state index in [-0.39, 0.29) is 19.5 Å². The Bertz CT molecular complexity index is 447. The molecule has 1 aliphatic heterocycles. The number of hydrogen-bond donors (Lipinski definition) is 0. The minimum absolute atomic E-state index is 0.000629. The summed E-state index contributed by atoms with van der Waals surface area (Å²) in [5.74, 6) is -2.39. The molecule has 1 aliphatic rings. The van der Waals surface area contributed by atoms with Crippen LogP contribution in [0.4, 0.5) is 13.6 Å². The highest BCUT2D eigenvalue weighted by molar-refractivity contribution is 5.78. The van der Waals surface area contributed by atoms with Gasteiger partial charge in [0.2, 0.25) is 6.40 Å². The first kappa shape index (κ1) is 16.0. The summed E-state index contributed by atoms with van der Waals surface area (Å²) in [4.78, 5) is 25.3. The van der Waals surface area contributed by atoms with Crippen molar-refractivity contribution in [2.24, 2.45) is 11.3 Å². The Balaban J connectivity index is 3.01. The molecule has 1 heterocycles. The minimum atomic E-state index is -3.79. The molecule has 122 valence electrons. The Morgan fingerprint density at radius 3 is 2.43 bits per heavy atom. The van der Waals surface area contributed by atoms with Crippen molar-refractivity contribution >= 4 is 12.1 Å². The van der Waals surface area contributed by atoms with Gasteiger partial charge < -0.3 is 14.4 Å². The van der Waals surface area contributed by atoms with Crippen molar-refractivity contribution in [2.45, 2.75) is 46.1 Å². The molecule has 7 heteroatoms. The van der Waals surface area contributed by atoms with Crippen LogP contribution in [0.3, 0.4) is 0 Å². The number of amides is 1. The van der Waals surface area contributed by atoms with Gasteiger partial charge in [-0.15, -0.1) is 0 Å². The maximum absolute atomic E-state index is 13.5. The van der Waals surface area contributed by atoms with Gasteiger partial charge in [-0.25, -0.2) is 13.6 Å². The summed E-state index contributed by atoms with van der Waals surface area (Å²) in [5, 5.41) is 0. The van der Waals surface area contributed by atoms with Crippen molar-refractivity contribution in [3.8, 4) is 0 Å². The van der Waals surface area contributed by atoms with Gasteiger partial charge in [-0.05, 0) is 34.1 Å². The maximum Gasteiger partial charge on any atom is 0.410 e. The van der Waals surface area contributed by atoms with E-state index in [1.165, 1.54) is 11.8 Å². The van der Waals surface area contributed by atoms with Crippen LogP contribution >= 0.6 is 0 Å². The highest BCUT2D eigenvalue weighted by Crippen LogP contribution is 2.40. The van der Waals surface area contributed by atoms with Gasteiger partial charge in [-0.1, -0.05) is 0 Å². The fraction of sp³-hybridized carbons (Fsp3) is 0.857. The van der Waals surface area contributed by atoms with Gasteiger partial charge in [-0.3, -0.25) is 4.79 Å². The molecule has 0 bridgehead atoms. The van der Waals surface area contributed by atoms with E-state index in [1.54, 1.807) is 20.8 Å². The predicted octanol–water partition coefficient (Wildman–Crippen LogP) is 2.69. The first-order valence-corrected chi connectivity index (χ1v) is 6.75. The van der Waals surface area contributed by atoms with Gasteiger partial charge in [0.05, 0.1) is 12.5 Å². The molecule has 5 nitrogen and oxygen atoms in total. The molecule has 0 aromatic rings. The molecule has 0 spiro atoms. The van der Waals surface area contributed by atoms with Gasteiger partial charge >= 0.3 is 12.1 Å². The summed E-state index contributed by atoms with van der Waals surface area (Å²) in [6.07, 6.45) is -4.64. The number of halogens is 2. The average molecular weight is 308 g/mol. The molecular formula is C14H23F2NO4. The summed E-state index contributed by atoms with van der Waals surface area (Å²) in [7, 11) is 1.10. The van der Waals surface area contributed by atoms with E-state index < -0.39 is 35.4 Å². The Labute approximate surface area is 125 Å². The predicted molar refractivity (Wildman–Crippen MR) is 72.0 cm³/mol. The Kier molecular flexibility index (Phi) is 4.68. The molecule has 0 N–H and O–H groups in total. The van der Waals surface area contributed by atoms with E-state index in [2.05, 4.69) is 4.74 Å². The fourth-order valence-corrected chi connectivity index (χ4v) is 2.46. The summed E-state index contributed by atoms with van der Waals surface area (Å²) >= 11 is 0. The Hall–Kier alpha value is -1.40. The second-order valence-corrected chi connectivity index (χ2v) is 6.44. The SMILES string of the molecule is [2H]C(F)(F)[C@H]1CCN(C(=O)OC(C)(C)C)C[C@@]1(C)C(=O)OC. The van der Waals surface area contributed by atoms with Crippen LogP contribution in [0.25, 0.3) is 0 Å². The van der Waals surface area contributed by atoms with Gasteiger partial charge in [0, 0.05) is 19.0 Å². The number of rotatable bonds is 2. The molecule has 2 atom stereocenters. The average Bonchev–Trinajstić information content (AvgIpc) is 2.33. The van der Waals surface area contributed by atoms with E-state index in [0.29, 0.717) is 0 Å². The molecule has 0 aromatic heterocycles. The van der Waals surface area contributed by atoms with Crippen LogP contribution < -0.4 is 0 Å². The number of carbonyl (C=O) groups is 2. The number of likely N-dealkylation sites (tertiary alicyclic amines) is 1. The lowest BCUT2D eigenvalue weighted by molar-refractivity contribution is -0.165. The highest BCUT2D eigenvalue weighted by Gasteiger charge is 2.51. The molecule has 1 rings (SSSR count). The van der Waals surface area contributed by atoms with E-state index in [9.17, 15) is 18.4 Å². The zero-order chi connectivity index (χ0) is 17.3. The van der Waals surface area contributed by atoms with Crippen molar-refractivity contribution in [2.75, 3.05) is 20.2 Å². The summed E-state index contributed by atoms with van der Waals surface area (Å²) < 4.78 is 43.9. The topological polar surface area (TPSA) is 55.8 Å². The van der Waals surface area contributed by atoms with Gasteiger partial charge in [0.25, 0.3) is 0 Å². The smallest absolute Gasteiger partial charge is 0.410 e. The fourth-order valence-electron chi connectivity index (χ4n) is 2.46. The lowest BCUT2D eigenvalue weighted by Crippen LogP contribution is -2.56. The van der Waals surface area contributed by atoms with Crippen LogP contribution in [0, 0.1) is 11.3 Å². The number of esters is 1. The first-order valence-electron chi connectivity index (χ1n) is 7.25. The summed E-state index contributed by atoms with van der Waals surface area (Å²) in [6.45, 7) is 6.09. The number of methoxy groups -OCH3 is 1. The normalized spacial score (nSPS) is 27.9. The van der Waals surface area contributed by atoms with Gasteiger partial charge in [0.15, 0.2) is 0 Å². The molecule has 0 aliphatic carbocycles. The largest absolute Gasteiger partial charge is 0.469 e. The molecular weight excluding hydrogens is 284 g/mol. The number of ether oxygens (including phenoxy) is 2. The number of nitrogens with zero attached hydrogens (tertiary/aromatic N) is 1. The second kappa shape index (κ2) is 6.15. The van der Waals surface area contributed by atoms with Gasteiger partial charge in [-0.2, -0.15) is 0 Å². The third-order valence-corrected chi connectivity index (χ3v) is 3.54. The molecule has 1 amide bonds. The van der Waals surface area contributed by atoms with E-state index in [4.69, 9.17) is 6.11 Å². The van der Waals surface area contributed by atoms with Crippen molar-refractivity contribution in [3.63, 3.8) is 0 Å². The molecule has 0 saturated carbocycles. The molecule has 21 heavy (non-hydrogen) atoms. The maximum atomic E-state index is 13.5. The standard InChI is InChI=1S/C14H23F2NO4/c1-13(2,3)21-12(19)17-7-6-9(10(15)16)14(4,8-17)11(18)20-5/h9-10H,6-8H2,1-5H3/t9-,14-/m1/s1/i10D. The van der Waals surface area contributed by atoms with Crippen molar-refractivity contribution in [3.05, 3.63) is 0 Å². The van der Waals surface area contributed by atoms with E-state index in [0.717, 1.165) is 7.11 Å². The van der Waals surface area contributed by atoms with Crippen LogP contribution in [0.1, 0.15) is 35.5 Å². The van der Waals surface area contributed by atoms with Crippen LogP contribution in [-0.4, -0.2) is 49.2 Å². The van der Waals surface area contributed by atoms with Crippen molar-refractivity contribution in [1.82, 2.24) is 4.90 Å². The van der Waals surface area contributed by atoms with Gasteiger partial charge in [0.1, 0.15) is 6.97 Å². The van der Waals surface area contributed by atoms with E-state index >= 15 is 0 Å². The number of carbonyl (C=O) groups excluding carboxylic acids is 2. The van der Waals surface area contributed by atoms with Crippen LogP contribution in [0.15, 0.2) is 0 Å². The summed E-state index contributed by atoms with van der Waals surface area (Å²) in [6, 6.07) is 0. The van der Waals surface area contributed by atoms with Crippen molar-refractivity contribution < 1.29 is 29.2 Å². The van der Waals surface area contributed by atoms with E-state index in [1.807, 2.05) is 0 Å². The lowest BCUT2D eigenvalue weighted by atomic mass is 9.72. The quantitative estimate of drug-likeness (QED) is 0.736.